The van der Waals surface area contributed by atoms with Crippen molar-refractivity contribution in [1.82, 2.24) is 0 Å². The zero-order valence-corrected chi connectivity index (χ0v) is 12.8. The van der Waals surface area contributed by atoms with Crippen molar-refractivity contribution < 1.29 is 14.2 Å². The maximum atomic E-state index is 6.08. The van der Waals surface area contributed by atoms with E-state index in [-0.39, 0.29) is 0 Å². The summed E-state index contributed by atoms with van der Waals surface area (Å²) in [7, 11) is 1.66. The Balaban J connectivity index is 2.07. The van der Waals surface area contributed by atoms with E-state index in [1.165, 1.54) is 0 Å². The molecule has 0 atom stereocenters. The number of methoxy groups -OCH3 is 1. The molecule has 0 bridgehead atoms. The molecule has 0 aliphatic rings. The van der Waals surface area contributed by atoms with Crippen LogP contribution in [0.2, 0.25) is 5.02 Å². The van der Waals surface area contributed by atoms with Crippen LogP contribution >= 0.6 is 27.5 Å². The molecule has 0 radical (unpaired) electrons. The molecular formula is C13H18BrClO3. The van der Waals surface area contributed by atoms with Gasteiger partial charge in [0.25, 0.3) is 0 Å². The Kier molecular flexibility index (Phi) is 8.63. The number of halogens is 2. The van der Waals surface area contributed by atoms with Gasteiger partial charge in [-0.2, -0.15) is 0 Å². The van der Waals surface area contributed by atoms with Gasteiger partial charge in [-0.3, -0.25) is 0 Å². The van der Waals surface area contributed by atoms with Gasteiger partial charge in [-0.15, -0.1) is 0 Å². The molecule has 0 saturated heterocycles. The summed E-state index contributed by atoms with van der Waals surface area (Å²) in [5.74, 6) is 0. The maximum Gasteiger partial charge on any atom is 0.0731 e. The van der Waals surface area contributed by atoms with Crippen LogP contribution in [0.4, 0.5) is 0 Å². The normalized spacial score (nSPS) is 10.8. The number of hydrogen-bond donors (Lipinski definition) is 0. The summed E-state index contributed by atoms with van der Waals surface area (Å²) in [4.78, 5) is 0. The highest BCUT2D eigenvalue weighted by Gasteiger charge is 2.01. The average Bonchev–Trinajstić information content (AvgIpc) is 2.35. The zero-order valence-electron chi connectivity index (χ0n) is 10.5. The van der Waals surface area contributed by atoms with Crippen molar-refractivity contribution in [3.8, 4) is 0 Å². The van der Waals surface area contributed by atoms with E-state index < -0.39 is 0 Å². The molecular weight excluding hydrogens is 319 g/mol. The summed E-state index contributed by atoms with van der Waals surface area (Å²) < 4.78 is 16.7. The minimum atomic E-state index is 0.532. The van der Waals surface area contributed by atoms with Gasteiger partial charge in [-0.1, -0.05) is 33.6 Å². The molecule has 0 spiro atoms. The summed E-state index contributed by atoms with van der Waals surface area (Å²) in [6, 6.07) is 5.79. The van der Waals surface area contributed by atoms with Crippen LogP contribution in [0.25, 0.3) is 0 Å². The predicted molar refractivity (Wildman–Crippen MR) is 76.1 cm³/mol. The van der Waals surface area contributed by atoms with Crippen molar-refractivity contribution in [3.63, 3.8) is 0 Å². The molecule has 0 aliphatic carbocycles. The molecule has 1 rings (SSSR count). The summed E-state index contributed by atoms with van der Waals surface area (Å²) >= 11 is 9.45. The second kappa shape index (κ2) is 9.75. The zero-order chi connectivity index (χ0) is 13.2. The molecule has 0 fully saturated rings. The fourth-order valence-corrected chi connectivity index (χ4v) is 2.06. The SMILES string of the molecule is COCCOCCCOCc1ccc(Br)cc1Cl. The Morgan fingerprint density at radius 2 is 1.89 bits per heavy atom. The number of benzene rings is 1. The predicted octanol–water partition coefficient (Wildman–Crippen LogP) is 3.67. The summed E-state index contributed by atoms with van der Waals surface area (Å²) in [5.41, 5.74) is 1.00. The third-order valence-corrected chi connectivity index (χ3v) is 3.13. The Morgan fingerprint density at radius 3 is 2.61 bits per heavy atom. The molecule has 0 saturated carbocycles. The molecule has 18 heavy (non-hydrogen) atoms. The average molecular weight is 338 g/mol. The van der Waals surface area contributed by atoms with E-state index in [0.717, 1.165) is 21.5 Å². The van der Waals surface area contributed by atoms with E-state index in [1.54, 1.807) is 7.11 Å². The Hall–Kier alpha value is -0.130. The molecule has 0 unspecified atom stereocenters. The maximum absolute atomic E-state index is 6.08. The molecule has 3 nitrogen and oxygen atoms in total. The van der Waals surface area contributed by atoms with Gasteiger partial charge in [0.05, 0.1) is 19.8 Å². The smallest absolute Gasteiger partial charge is 0.0731 e. The van der Waals surface area contributed by atoms with Crippen LogP contribution < -0.4 is 0 Å². The van der Waals surface area contributed by atoms with E-state index in [4.69, 9.17) is 25.8 Å². The fourth-order valence-electron chi connectivity index (χ4n) is 1.33. The molecule has 0 aliphatic heterocycles. The lowest BCUT2D eigenvalue weighted by Crippen LogP contribution is -2.05. The molecule has 102 valence electrons. The minimum absolute atomic E-state index is 0.532. The van der Waals surface area contributed by atoms with Crippen LogP contribution in [0.15, 0.2) is 22.7 Å². The van der Waals surface area contributed by atoms with Gasteiger partial charge < -0.3 is 14.2 Å². The topological polar surface area (TPSA) is 27.7 Å². The Morgan fingerprint density at radius 1 is 1.11 bits per heavy atom. The van der Waals surface area contributed by atoms with Crippen molar-refractivity contribution >= 4 is 27.5 Å². The van der Waals surface area contributed by atoms with Gasteiger partial charge in [-0.25, -0.2) is 0 Å². The number of rotatable bonds is 9. The molecule has 0 N–H and O–H groups in total. The van der Waals surface area contributed by atoms with E-state index in [9.17, 15) is 0 Å². The highest BCUT2D eigenvalue weighted by molar-refractivity contribution is 9.10. The van der Waals surface area contributed by atoms with Crippen LogP contribution in [0.5, 0.6) is 0 Å². The standard InChI is InChI=1S/C13H18BrClO3/c1-16-7-8-17-5-2-6-18-10-11-3-4-12(14)9-13(11)15/h3-4,9H,2,5-8,10H2,1H3. The first kappa shape index (κ1) is 15.9. The molecule has 0 amide bonds. The van der Waals surface area contributed by atoms with Crippen LogP contribution in [-0.4, -0.2) is 33.5 Å². The number of ether oxygens (including phenoxy) is 3. The monoisotopic (exact) mass is 336 g/mol. The third-order valence-electron chi connectivity index (χ3n) is 2.28. The lowest BCUT2D eigenvalue weighted by molar-refractivity contribution is 0.0483. The molecule has 0 aromatic heterocycles. The van der Waals surface area contributed by atoms with E-state index in [2.05, 4.69) is 15.9 Å². The number of hydrogen-bond acceptors (Lipinski definition) is 3. The van der Waals surface area contributed by atoms with E-state index >= 15 is 0 Å². The highest BCUT2D eigenvalue weighted by atomic mass is 79.9. The third kappa shape index (κ3) is 6.71. The van der Waals surface area contributed by atoms with Crippen molar-refractivity contribution in [2.75, 3.05) is 33.5 Å². The largest absolute Gasteiger partial charge is 0.382 e. The second-order valence-corrected chi connectivity index (χ2v) is 5.07. The van der Waals surface area contributed by atoms with Crippen molar-refractivity contribution in [3.05, 3.63) is 33.3 Å². The minimum Gasteiger partial charge on any atom is -0.382 e. The first-order chi connectivity index (χ1) is 8.74. The highest BCUT2D eigenvalue weighted by Crippen LogP contribution is 2.21. The molecule has 5 heteroatoms. The summed E-state index contributed by atoms with van der Waals surface area (Å²) in [5, 5.41) is 0.723. The van der Waals surface area contributed by atoms with Gasteiger partial charge in [0.1, 0.15) is 0 Å². The quantitative estimate of drug-likeness (QED) is 0.644. The lowest BCUT2D eigenvalue weighted by atomic mass is 10.2. The van der Waals surface area contributed by atoms with Crippen LogP contribution in [0, 0.1) is 0 Å². The molecule has 1 aromatic carbocycles. The molecule has 1 aromatic rings. The Bertz CT molecular complexity index is 347. The Labute approximate surface area is 121 Å². The lowest BCUT2D eigenvalue weighted by Gasteiger charge is -2.07. The van der Waals surface area contributed by atoms with Crippen molar-refractivity contribution in [2.24, 2.45) is 0 Å². The van der Waals surface area contributed by atoms with Crippen LogP contribution in [-0.2, 0) is 20.8 Å². The summed E-state index contributed by atoms with van der Waals surface area (Å²) in [6.07, 6.45) is 0.873. The van der Waals surface area contributed by atoms with Crippen LogP contribution in [0.1, 0.15) is 12.0 Å². The van der Waals surface area contributed by atoms with Crippen molar-refractivity contribution in [2.45, 2.75) is 13.0 Å². The summed E-state index contributed by atoms with van der Waals surface area (Å²) in [6.45, 7) is 3.16. The van der Waals surface area contributed by atoms with Gasteiger partial charge in [0.2, 0.25) is 0 Å². The first-order valence-electron chi connectivity index (χ1n) is 5.82. The van der Waals surface area contributed by atoms with E-state index in [0.29, 0.717) is 33.0 Å². The molecule has 0 heterocycles. The van der Waals surface area contributed by atoms with Crippen molar-refractivity contribution in [1.29, 1.82) is 0 Å². The van der Waals surface area contributed by atoms with Gasteiger partial charge in [0.15, 0.2) is 0 Å². The van der Waals surface area contributed by atoms with E-state index in [1.807, 2.05) is 18.2 Å². The van der Waals surface area contributed by atoms with Gasteiger partial charge in [-0.05, 0) is 24.1 Å². The second-order valence-electron chi connectivity index (χ2n) is 3.75. The van der Waals surface area contributed by atoms with Gasteiger partial charge >= 0.3 is 0 Å². The fraction of sp³-hybridized carbons (Fsp3) is 0.538. The van der Waals surface area contributed by atoms with Gasteiger partial charge in [0, 0.05) is 29.8 Å². The van der Waals surface area contributed by atoms with Crippen LogP contribution in [0.3, 0.4) is 0 Å². The first-order valence-corrected chi connectivity index (χ1v) is 6.99.